The van der Waals surface area contributed by atoms with Gasteiger partial charge in [0.25, 0.3) is 0 Å². The molecule has 1 aromatic rings. The molecule has 5 heteroatoms. The first-order valence-corrected chi connectivity index (χ1v) is 7.22. The van der Waals surface area contributed by atoms with Crippen LogP contribution in [0.1, 0.15) is 25.3 Å². The molecule has 0 spiro atoms. The number of rotatable bonds is 4. The van der Waals surface area contributed by atoms with Crippen LogP contribution in [-0.4, -0.2) is 52.7 Å². The van der Waals surface area contributed by atoms with E-state index in [1.807, 2.05) is 17.9 Å². The van der Waals surface area contributed by atoms with Gasteiger partial charge in [0, 0.05) is 44.5 Å². The van der Waals surface area contributed by atoms with Crippen LogP contribution < -0.4 is 0 Å². The van der Waals surface area contributed by atoms with E-state index in [0.29, 0.717) is 6.04 Å². The van der Waals surface area contributed by atoms with E-state index in [-0.39, 0.29) is 12.2 Å². The molecule has 0 N–H and O–H groups in total. The molecular weight excluding hydrogens is 242 g/mol. The highest BCUT2D eigenvalue weighted by Crippen LogP contribution is 2.32. The molecule has 3 atom stereocenters. The fourth-order valence-electron chi connectivity index (χ4n) is 3.37. The molecule has 1 saturated heterocycles. The van der Waals surface area contributed by atoms with E-state index in [9.17, 15) is 0 Å². The van der Waals surface area contributed by atoms with Gasteiger partial charge in [-0.25, -0.2) is 0 Å². The Kier molecular flexibility index (Phi) is 3.86. The third-order valence-corrected chi connectivity index (χ3v) is 4.18. The molecular formula is C14H23N3O2. The molecule has 5 nitrogen and oxygen atoms in total. The minimum Gasteiger partial charge on any atom is -0.376 e. The summed E-state index contributed by atoms with van der Waals surface area (Å²) in [7, 11) is 1.96. The third-order valence-electron chi connectivity index (χ3n) is 4.18. The first-order valence-electron chi connectivity index (χ1n) is 7.22. The maximum Gasteiger partial charge on any atom is 0.0992 e. The highest BCUT2D eigenvalue weighted by Gasteiger charge is 2.43. The minimum absolute atomic E-state index is 0.255. The largest absolute Gasteiger partial charge is 0.376 e. The van der Waals surface area contributed by atoms with E-state index in [0.717, 1.165) is 32.7 Å². The topological polar surface area (TPSA) is 39.5 Å². The van der Waals surface area contributed by atoms with E-state index in [1.54, 1.807) is 0 Å². The Morgan fingerprint density at radius 3 is 3.11 bits per heavy atom. The van der Waals surface area contributed by atoms with Crippen LogP contribution in [0.4, 0.5) is 0 Å². The molecule has 2 fully saturated rings. The van der Waals surface area contributed by atoms with Crippen molar-refractivity contribution in [2.24, 2.45) is 7.05 Å². The Balaban J connectivity index is 1.66. The van der Waals surface area contributed by atoms with Crippen LogP contribution in [0.2, 0.25) is 0 Å². The Bertz CT molecular complexity index is 421. The molecule has 106 valence electrons. The normalized spacial score (nSPS) is 31.6. The standard InChI is InChI=1S/C14H23N3O2/c1-3-18-13-5-4-12-14(13)19-7-6-17(12)10-11-8-15-16(2)9-11/h8-9,12-14H,3-7,10H2,1-2H3/t12-,13+,14+/m0/s1. The molecule has 1 saturated carbocycles. The summed E-state index contributed by atoms with van der Waals surface area (Å²) in [6, 6.07) is 0.505. The number of hydrogen-bond donors (Lipinski definition) is 0. The first-order chi connectivity index (χ1) is 9.28. The zero-order valence-electron chi connectivity index (χ0n) is 11.8. The molecule has 0 unspecified atom stereocenters. The van der Waals surface area contributed by atoms with E-state index < -0.39 is 0 Å². The molecule has 2 heterocycles. The van der Waals surface area contributed by atoms with Crippen molar-refractivity contribution < 1.29 is 9.47 Å². The van der Waals surface area contributed by atoms with Gasteiger partial charge in [0.2, 0.25) is 0 Å². The summed E-state index contributed by atoms with van der Waals surface area (Å²) in [4.78, 5) is 2.53. The summed E-state index contributed by atoms with van der Waals surface area (Å²) in [5, 5.41) is 4.25. The number of morpholine rings is 1. The highest BCUT2D eigenvalue weighted by molar-refractivity contribution is 5.06. The number of ether oxygens (including phenoxy) is 2. The smallest absolute Gasteiger partial charge is 0.0992 e. The van der Waals surface area contributed by atoms with Crippen molar-refractivity contribution in [1.29, 1.82) is 0 Å². The minimum atomic E-state index is 0.255. The van der Waals surface area contributed by atoms with Crippen molar-refractivity contribution >= 4 is 0 Å². The number of fused-ring (bicyclic) bond motifs is 1. The predicted octanol–water partition coefficient (Wildman–Crippen LogP) is 1.19. The number of aromatic nitrogens is 2. The molecule has 0 aromatic carbocycles. The lowest BCUT2D eigenvalue weighted by Crippen LogP contribution is -2.51. The first kappa shape index (κ1) is 13.1. The Morgan fingerprint density at radius 1 is 1.47 bits per heavy atom. The highest BCUT2D eigenvalue weighted by atomic mass is 16.5. The van der Waals surface area contributed by atoms with Crippen LogP contribution in [0.3, 0.4) is 0 Å². The van der Waals surface area contributed by atoms with Crippen molar-refractivity contribution in [3.05, 3.63) is 18.0 Å². The molecule has 1 aliphatic carbocycles. The zero-order chi connectivity index (χ0) is 13.2. The number of aryl methyl sites for hydroxylation is 1. The molecule has 2 aliphatic rings. The van der Waals surface area contributed by atoms with Crippen LogP contribution in [0, 0.1) is 0 Å². The Hall–Kier alpha value is -0.910. The summed E-state index contributed by atoms with van der Waals surface area (Å²) in [6.45, 7) is 5.63. The summed E-state index contributed by atoms with van der Waals surface area (Å²) in [6.07, 6.45) is 6.89. The van der Waals surface area contributed by atoms with Crippen LogP contribution >= 0.6 is 0 Å². The summed E-state index contributed by atoms with van der Waals surface area (Å²) < 4.78 is 13.6. The third kappa shape index (κ3) is 2.68. The monoisotopic (exact) mass is 265 g/mol. The van der Waals surface area contributed by atoms with Gasteiger partial charge < -0.3 is 9.47 Å². The maximum atomic E-state index is 5.95. The fourth-order valence-corrected chi connectivity index (χ4v) is 3.37. The van der Waals surface area contributed by atoms with Gasteiger partial charge in [0.1, 0.15) is 0 Å². The van der Waals surface area contributed by atoms with E-state index in [4.69, 9.17) is 9.47 Å². The van der Waals surface area contributed by atoms with Gasteiger partial charge in [0.15, 0.2) is 0 Å². The van der Waals surface area contributed by atoms with E-state index >= 15 is 0 Å². The predicted molar refractivity (Wildman–Crippen MR) is 71.8 cm³/mol. The second-order valence-corrected chi connectivity index (χ2v) is 5.47. The van der Waals surface area contributed by atoms with Gasteiger partial charge in [-0.1, -0.05) is 0 Å². The lowest BCUT2D eigenvalue weighted by atomic mass is 10.1. The lowest BCUT2D eigenvalue weighted by Gasteiger charge is -2.38. The van der Waals surface area contributed by atoms with Crippen LogP contribution in [0.25, 0.3) is 0 Å². The molecule has 1 aliphatic heterocycles. The second-order valence-electron chi connectivity index (χ2n) is 5.47. The Morgan fingerprint density at radius 2 is 2.37 bits per heavy atom. The average Bonchev–Trinajstić information content (AvgIpc) is 2.98. The van der Waals surface area contributed by atoms with Crippen molar-refractivity contribution in [3.63, 3.8) is 0 Å². The van der Waals surface area contributed by atoms with Crippen molar-refractivity contribution in [3.8, 4) is 0 Å². The molecule has 0 bridgehead atoms. The fraction of sp³-hybridized carbons (Fsp3) is 0.786. The van der Waals surface area contributed by atoms with Gasteiger partial charge >= 0.3 is 0 Å². The van der Waals surface area contributed by atoms with Crippen molar-refractivity contribution in [1.82, 2.24) is 14.7 Å². The second kappa shape index (κ2) is 5.61. The number of hydrogen-bond acceptors (Lipinski definition) is 4. The molecule has 3 rings (SSSR count). The quantitative estimate of drug-likeness (QED) is 0.820. The molecule has 0 radical (unpaired) electrons. The van der Waals surface area contributed by atoms with Crippen LogP contribution in [-0.2, 0) is 23.1 Å². The summed E-state index contributed by atoms with van der Waals surface area (Å²) in [5.41, 5.74) is 1.28. The summed E-state index contributed by atoms with van der Waals surface area (Å²) in [5.74, 6) is 0. The van der Waals surface area contributed by atoms with Gasteiger partial charge in [-0.05, 0) is 19.8 Å². The van der Waals surface area contributed by atoms with Crippen LogP contribution in [0.15, 0.2) is 12.4 Å². The van der Waals surface area contributed by atoms with Gasteiger partial charge in [-0.2, -0.15) is 5.10 Å². The number of nitrogens with zero attached hydrogens (tertiary/aromatic N) is 3. The average molecular weight is 265 g/mol. The Labute approximate surface area is 114 Å². The molecule has 1 aromatic heterocycles. The van der Waals surface area contributed by atoms with E-state index in [1.165, 1.54) is 12.0 Å². The SMILES string of the molecule is CCO[C@@H]1CC[C@H]2[C@H]1OCCN2Cc1cnn(C)c1. The molecule has 0 amide bonds. The maximum absolute atomic E-state index is 5.95. The summed E-state index contributed by atoms with van der Waals surface area (Å²) >= 11 is 0. The van der Waals surface area contributed by atoms with Crippen molar-refractivity contribution in [2.45, 2.75) is 44.6 Å². The van der Waals surface area contributed by atoms with Crippen molar-refractivity contribution in [2.75, 3.05) is 19.8 Å². The molecule has 19 heavy (non-hydrogen) atoms. The lowest BCUT2D eigenvalue weighted by molar-refractivity contribution is -0.113. The van der Waals surface area contributed by atoms with Gasteiger partial charge in [-0.15, -0.1) is 0 Å². The van der Waals surface area contributed by atoms with E-state index in [2.05, 4.69) is 23.1 Å². The van der Waals surface area contributed by atoms with Gasteiger partial charge in [-0.3, -0.25) is 9.58 Å². The van der Waals surface area contributed by atoms with Crippen LogP contribution in [0.5, 0.6) is 0 Å². The van der Waals surface area contributed by atoms with Gasteiger partial charge in [0.05, 0.1) is 25.0 Å². The zero-order valence-corrected chi connectivity index (χ0v) is 11.8.